The van der Waals surface area contributed by atoms with Gasteiger partial charge in [0.1, 0.15) is 6.10 Å². The van der Waals surface area contributed by atoms with Gasteiger partial charge >= 0.3 is 5.97 Å². The monoisotopic (exact) mass is 254 g/mol. The van der Waals surface area contributed by atoms with Crippen molar-refractivity contribution in [2.45, 2.75) is 25.4 Å². The van der Waals surface area contributed by atoms with E-state index in [9.17, 15) is 9.59 Å². The van der Waals surface area contributed by atoms with Crippen molar-refractivity contribution in [1.82, 2.24) is 0 Å². The Balaban J connectivity index is 1.94. The minimum atomic E-state index is -0.321. The summed E-state index contributed by atoms with van der Waals surface area (Å²) in [6.07, 6.45) is 2.43. The van der Waals surface area contributed by atoms with Gasteiger partial charge < -0.3 is 4.74 Å². The van der Waals surface area contributed by atoms with Gasteiger partial charge in [-0.25, -0.2) is 4.79 Å². The van der Waals surface area contributed by atoms with Gasteiger partial charge in [0.05, 0.1) is 5.57 Å². The fourth-order valence-corrected chi connectivity index (χ4v) is 3.85. The van der Waals surface area contributed by atoms with Crippen LogP contribution < -0.4 is 0 Å². The molecule has 2 aliphatic carbocycles. The summed E-state index contributed by atoms with van der Waals surface area (Å²) in [7, 11) is 0. The van der Waals surface area contributed by atoms with Crippen LogP contribution in [-0.2, 0) is 14.3 Å². The van der Waals surface area contributed by atoms with E-state index in [2.05, 4.69) is 0 Å². The summed E-state index contributed by atoms with van der Waals surface area (Å²) in [5.41, 5.74) is 2.06. The summed E-state index contributed by atoms with van der Waals surface area (Å²) in [5, 5.41) is 0. The number of ketones is 1. The van der Waals surface area contributed by atoms with Gasteiger partial charge in [-0.05, 0) is 24.3 Å². The smallest absolute Gasteiger partial charge is 0.339 e. The van der Waals surface area contributed by atoms with Crippen molar-refractivity contribution in [2.24, 2.45) is 11.8 Å². The van der Waals surface area contributed by atoms with Crippen molar-refractivity contribution in [3.63, 3.8) is 0 Å². The number of hydrogen-bond donors (Lipinski definition) is 0. The van der Waals surface area contributed by atoms with Crippen LogP contribution in [0.1, 0.15) is 24.8 Å². The lowest BCUT2D eigenvalue weighted by molar-refractivity contribution is -0.144. The molecule has 96 valence electrons. The molecule has 1 aliphatic heterocycles. The fourth-order valence-electron chi connectivity index (χ4n) is 3.85. The Morgan fingerprint density at radius 2 is 1.84 bits per heavy atom. The third-order valence-corrected chi connectivity index (χ3v) is 4.61. The molecule has 3 unspecified atom stereocenters. The van der Waals surface area contributed by atoms with E-state index in [-0.39, 0.29) is 23.8 Å². The van der Waals surface area contributed by atoms with Gasteiger partial charge in [0.2, 0.25) is 0 Å². The van der Waals surface area contributed by atoms with Crippen LogP contribution in [0, 0.1) is 11.8 Å². The summed E-state index contributed by atoms with van der Waals surface area (Å²) in [6.45, 7) is 0. The average molecular weight is 254 g/mol. The molecule has 0 N–H and O–H groups in total. The Hall–Kier alpha value is -1.90. The number of benzene rings is 1. The van der Waals surface area contributed by atoms with Crippen LogP contribution >= 0.6 is 0 Å². The van der Waals surface area contributed by atoms with Crippen LogP contribution in [0.4, 0.5) is 0 Å². The van der Waals surface area contributed by atoms with Gasteiger partial charge in [-0.2, -0.15) is 0 Å². The van der Waals surface area contributed by atoms with Crippen LogP contribution in [0.15, 0.2) is 35.9 Å². The Labute approximate surface area is 111 Å². The third kappa shape index (κ3) is 1.44. The maximum atomic E-state index is 12.3. The Morgan fingerprint density at radius 3 is 2.63 bits per heavy atom. The second-order valence-electron chi connectivity index (χ2n) is 5.59. The molecule has 0 amide bonds. The average Bonchev–Trinajstić information content (AvgIpc) is 2.95. The molecule has 0 bridgehead atoms. The van der Waals surface area contributed by atoms with Crippen LogP contribution in [0.2, 0.25) is 0 Å². The summed E-state index contributed by atoms with van der Waals surface area (Å²) < 4.78 is 5.56. The lowest BCUT2D eigenvalue weighted by atomic mass is 9.86. The lowest BCUT2D eigenvalue weighted by Crippen LogP contribution is -2.31. The van der Waals surface area contributed by atoms with Crippen molar-refractivity contribution in [2.75, 3.05) is 0 Å². The van der Waals surface area contributed by atoms with Gasteiger partial charge in [0, 0.05) is 17.9 Å². The summed E-state index contributed by atoms with van der Waals surface area (Å²) in [5.74, 6) is 0.369. The van der Waals surface area contributed by atoms with Crippen molar-refractivity contribution in [3.8, 4) is 0 Å². The quantitative estimate of drug-likeness (QED) is 0.723. The van der Waals surface area contributed by atoms with Crippen LogP contribution in [0.3, 0.4) is 0 Å². The number of esters is 1. The molecule has 2 fully saturated rings. The maximum Gasteiger partial charge on any atom is 0.339 e. The molecule has 0 spiro atoms. The van der Waals surface area contributed by atoms with Crippen molar-refractivity contribution >= 4 is 17.3 Å². The second-order valence-corrected chi connectivity index (χ2v) is 5.59. The Morgan fingerprint density at radius 1 is 1.05 bits per heavy atom. The fraction of sp³-hybridized carbons (Fsp3) is 0.375. The first-order valence-corrected chi connectivity index (χ1v) is 6.79. The van der Waals surface area contributed by atoms with E-state index >= 15 is 0 Å². The second kappa shape index (κ2) is 3.80. The third-order valence-electron chi connectivity index (χ3n) is 4.61. The molecule has 0 saturated heterocycles. The van der Waals surface area contributed by atoms with Crippen molar-refractivity contribution < 1.29 is 14.3 Å². The van der Waals surface area contributed by atoms with Crippen LogP contribution in [0.25, 0.3) is 5.57 Å². The predicted molar refractivity (Wildman–Crippen MR) is 69.1 cm³/mol. The number of Topliss-reactive ketones (excluding diaryl/α,β-unsaturated/α-hetero) is 1. The van der Waals surface area contributed by atoms with Gasteiger partial charge in [-0.15, -0.1) is 0 Å². The standard InChI is InChI=1S/C16H14O3/c17-11-8-10-6-7-12-13(10)15(11)14(16(18)19-12)9-4-2-1-3-5-9/h1-5,10,12-13H,6-8H2. The largest absolute Gasteiger partial charge is 0.458 e. The molecular formula is C16H14O3. The number of hydrogen-bond acceptors (Lipinski definition) is 3. The number of carbonyl (C=O) groups is 2. The first-order valence-electron chi connectivity index (χ1n) is 6.79. The molecule has 4 rings (SSSR count). The highest BCUT2D eigenvalue weighted by atomic mass is 16.5. The molecule has 1 aromatic carbocycles. The topological polar surface area (TPSA) is 43.4 Å². The SMILES string of the molecule is O=C1CC2CCC3OC(=O)C(c4ccccc4)=C1C23. The Kier molecular flexibility index (Phi) is 2.19. The highest BCUT2D eigenvalue weighted by Crippen LogP contribution is 2.51. The minimum absolute atomic E-state index is 0.0635. The van der Waals surface area contributed by atoms with E-state index in [4.69, 9.17) is 4.74 Å². The molecule has 2 saturated carbocycles. The van der Waals surface area contributed by atoms with E-state index < -0.39 is 0 Å². The molecule has 1 aromatic rings. The first-order chi connectivity index (χ1) is 9.25. The molecule has 0 radical (unpaired) electrons. The number of carbonyl (C=O) groups excluding carboxylic acids is 2. The minimum Gasteiger partial charge on any atom is -0.458 e. The van der Waals surface area contributed by atoms with Gasteiger partial charge in [0.15, 0.2) is 5.78 Å². The lowest BCUT2D eigenvalue weighted by Gasteiger charge is -2.27. The number of ether oxygens (including phenoxy) is 1. The highest BCUT2D eigenvalue weighted by molar-refractivity contribution is 6.25. The zero-order valence-corrected chi connectivity index (χ0v) is 10.5. The van der Waals surface area contributed by atoms with Crippen molar-refractivity contribution in [3.05, 3.63) is 41.5 Å². The molecule has 0 aromatic heterocycles. The first kappa shape index (κ1) is 11.0. The predicted octanol–water partition coefficient (Wildman–Crippen LogP) is 2.36. The van der Waals surface area contributed by atoms with E-state index in [0.717, 1.165) is 24.0 Å². The molecular weight excluding hydrogens is 240 g/mol. The Bertz CT molecular complexity index is 600. The molecule has 19 heavy (non-hydrogen) atoms. The van der Waals surface area contributed by atoms with E-state index in [1.54, 1.807) is 0 Å². The van der Waals surface area contributed by atoms with Crippen LogP contribution in [0.5, 0.6) is 0 Å². The van der Waals surface area contributed by atoms with E-state index in [1.807, 2.05) is 30.3 Å². The molecule has 3 heteroatoms. The van der Waals surface area contributed by atoms with Gasteiger partial charge in [-0.1, -0.05) is 30.3 Å². The summed E-state index contributed by atoms with van der Waals surface area (Å²) in [4.78, 5) is 24.5. The molecule has 3 atom stereocenters. The van der Waals surface area contributed by atoms with Crippen molar-refractivity contribution in [1.29, 1.82) is 0 Å². The molecule has 3 nitrogen and oxygen atoms in total. The zero-order valence-electron chi connectivity index (χ0n) is 10.5. The highest BCUT2D eigenvalue weighted by Gasteiger charge is 2.53. The summed E-state index contributed by atoms with van der Waals surface area (Å²) >= 11 is 0. The van der Waals surface area contributed by atoms with Gasteiger partial charge in [0.25, 0.3) is 0 Å². The molecule has 1 heterocycles. The summed E-state index contributed by atoms with van der Waals surface area (Å²) in [6, 6.07) is 9.42. The normalized spacial score (nSPS) is 32.5. The number of rotatable bonds is 1. The van der Waals surface area contributed by atoms with E-state index in [0.29, 0.717) is 17.9 Å². The molecule has 3 aliphatic rings. The van der Waals surface area contributed by atoms with E-state index in [1.165, 1.54) is 0 Å². The maximum absolute atomic E-state index is 12.3. The van der Waals surface area contributed by atoms with Gasteiger partial charge in [-0.3, -0.25) is 4.79 Å². The zero-order chi connectivity index (χ0) is 13.0. The van der Waals surface area contributed by atoms with Crippen LogP contribution in [-0.4, -0.2) is 17.9 Å².